The largest absolute Gasteiger partial charge is 0.361 e. The second-order valence-corrected chi connectivity index (χ2v) is 9.30. The van der Waals surface area contributed by atoms with Gasteiger partial charge in [0.05, 0.1) is 12.2 Å². The fourth-order valence-electron chi connectivity index (χ4n) is 5.20. The molecule has 0 atom stereocenters. The van der Waals surface area contributed by atoms with Gasteiger partial charge in [0.15, 0.2) is 0 Å². The molecule has 2 amide bonds. The van der Waals surface area contributed by atoms with E-state index in [1.807, 2.05) is 54.2 Å². The van der Waals surface area contributed by atoms with Crippen molar-refractivity contribution in [2.24, 2.45) is 0 Å². The molecule has 34 heavy (non-hydrogen) atoms. The lowest BCUT2D eigenvalue weighted by Gasteiger charge is -2.32. The summed E-state index contributed by atoms with van der Waals surface area (Å²) in [7, 11) is 0. The monoisotopic (exact) mass is 461 g/mol. The van der Waals surface area contributed by atoms with E-state index in [-0.39, 0.29) is 24.7 Å². The molecule has 0 unspecified atom stereocenters. The standard InChI is InChI=1S/C26H31N5O3/c1-18-22(19(2)34-28-18)17-30-16-12-27-26(30)21-9-13-29(14-10-21)24(32)7-8-25(33)31-15-11-20-5-3-4-6-23(20)31/h3-6,12,16,21H,7-11,13-15,17H2,1-2H3. The first kappa shape index (κ1) is 22.4. The van der Waals surface area contributed by atoms with Crippen molar-refractivity contribution in [1.29, 1.82) is 0 Å². The molecule has 8 heteroatoms. The molecule has 0 radical (unpaired) electrons. The van der Waals surface area contributed by atoms with Gasteiger partial charge in [-0.05, 0) is 44.7 Å². The number of fused-ring (bicyclic) bond motifs is 1. The lowest BCUT2D eigenvalue weighted by molar-refractivity contribution is -0.134. The SMILES string of the molecule is Cc1noc(C)c1Cn1ccnc1C1CCN(C(=O)CCC(=O)N2CCc3ccccc32)CC1. The molecule has 0 aliphatic carbocycles. The average molecular weight is 462 g/mol. The molecular weight excluding hydrogens is 430 g/mol. The molecule has 5 rings (SSSR count). The van der Waals surface area contributed by atoms with E-state index in [2.05, 4.69) is 20.8 Å². The second-order valence-electron chi connectivity index (χ2n) is 9.30. The Balaban J connectivity index is 1.13. The summed E-state index contributed by atoms with van der Waals surface area (Å²) in [5, 5.41) is 4.05. The Morgan fingerprint density at radius 3 is 2.59 bits per heavy atom. The summed E-state index contributed by atoms with van der Waals surface area (Å²) in [5.41, 5.74) is 4.20. The van der Waals surface area contributed by atoms with Crippen molar-refractivity contribution in [2.75, 3.05) is 24.5 Å². The van der Waals surface area contributed by atoms with Gasteiger partial charge in [-0.15, -0.1) is 0 Å². The zero-order valence-corrected chi connectivity index (χ0v) is 19.9. The Morgan fingerprint density at radius 2 is 1.82 bits per heavy atom. The van der Waals surface area contributed by atoms with Crippen molar-refractivity contribution in [2.45, 2.75) is 58.4 Å². The first-order valence-electron chi connectivity index (χ1n) is 12.1. The van der Waals surface area contributed by atoms with Gasteiger partial charge in [0, 0.05) is 62.0 Å². The number of carbonyl (C=O) groups is 2. The molecule has 0 spiro atoms. The van der Waals surface area contributed by atoms with Gasteiger partial charge < -0.3 is 18.9 Å². The minimum absolute atomic E-state index is 0.0366. The van der Waals surface area contributed by atoms with Crippen LogP contribution < -0.4 is 4.90 Å². The van der Waals surface area contributed by atoms with Gasteiger partial charge >= 0.3 is 0 Å². The number of nitrogens with zero attached hydrogens (tertiary/aromatic N) is 5. The summed E-state index contributed by atoms with van der Waals surface area (Å²) in [6.07, 6.45) is 7.00. The number of aromatic nitrogens is 3. The Morgan fingerprint density at radius 1 is 1.06 bits per heavy atom. The third kappa shape index (κ3) is 4.36. The fraction of sp³-hybridized carbons (Fsp3) is 0.462. The van der Waals surface area contributed by atoms with Crippen LogP contribution in [0.1, 0.15) is 60.0 Å². The number of hydrogen-bond acceptors (Lipinski definition) is 5. The van der Waals surface area contributed by atoms with Crippen molar-refractivity contribution < 1.29 is 14.1 Å². The predicted octanol–water partition coefficient (Wildman–Crippen LogP) is 3.61. The number of anilines is 1. The van der Waals surface area contributed by atoms with E-state index in [4.69, 9.17) is 4.52 Å². The van der Waals surface area contributed by atoms with E-state index in [9.17, 15) is 9.59 Å². The number of benzene rings is 1. The van der Waals surface area contributed by atoms with E-state index >= 15 is 0 Å². The Labute approximate surface area is 199 Å². The van der Waals surface area contributed by atoms with Gasteiger partial charge in [-0.25, -0.2) is 4.98 Å². The normalized spacial score (nSPS) is 16.2. The van der Waals surface area contributed by atoms with Crippen LogP contribution in [0, 0.1) is 13.8 Å². The number of piperidine rings is 1. The van der Waals surface area contributed by atoms with Crippen LogP contribution in [0.25, 0.3) is 0 Å². The highest BCUT2D eigenvalue weighted by molar-refractivity contribution is 5.97. The van der Waals surface area contributed by atoms with E-state index < -0.39 is 0 Å². The minimum Gasteiger partial charge on any atom is -0.361 e. The summed E-state index contributed by atoms with van der Waals surface area (Å²) in [6.45, 7) is 6.68. The van der Waals surface area contributed by atoms with E-state index in [1.54, 1.807) is 0 Å². The van der Waals surface area contributed by atoms with Crippen LogP contribution in [0.5, 0.6) is 0 Å². The molecule has 2 aliphatic heterocycles. The molecule has 1 aromatic carbocycles. The number of para-hydroxylation sites is 1. The molecule has 1 saturated heterocycles. The average Bonchev–Trinajstić information content (AvgIpc) is 3.58. The van der Waals surface area contributed by atoms with Crippen LogP contribution in [0.3, 0.4) is 0 Å². The summed E-state index contributed by atoms with van der Waals surface area (Å²) >= 11 is 0. The quantitative estimate of drug-likeness (QED) is 0.560. The minimum atomic E-state index is 0.0366. The van der Waals surface area contributed by atoms with Gasteiger partial charge in [-0.3, -0.25) is 9.59 Å². The molecule has 1 fully saturated rings. The van der Waals surface area contributed by atoms with Crippen molar-refractivity contribution in [3.63, 3.8) is 0 Å². The molecule has 0 N–H and O–H groups in total. The number of aryl methyl sites for hydroxylation is 2. The lowest BCUT2D eigenvalue weighted by atomic mass is 9.95. The molecule has 4 heterocycles. The van der Waals surface area contributed by atoms with Gasteiger partial charge in [-0.2, -0.15) is 0 Å². The predicted molar refractivity (Wildman–Crippen MR) is 128 cm³/mol. The molecule has 178 valence electrons. The van der Waals surface area contributed by atoms with Crippen molar-refractivity contribution in [3.8, 4) is 0 Å². The summed E-state index contributed by atoms with van der Waals surface area (Å²) in [5.74, 6) is 2.30. The van der Waals surface area contributed by atoms with Crippen LogP contribution in [-0.2, 0) is 22.6 Å². The third-order valence-electron chi connectivity index (χ3n) is 7.21. The second kappa shape index (κ2) is 9.44. The van der Waals surface area contributed by atoms with Crippen molar-refractivity contribution in [3.05, 3.63) is 65.1 Å². The first-order chi connectivity index (χ1) is 16.5. The summed E-state index contributed by atoms with van der Waals surface area (Å²) in [6, 6.07) is 8.02. The number of imidazole rings is 1. The highest BCUT2D eigenvalue weighted by Crippen LogP contribution is 2.30. The highest BCUT2D eigenvalue weighted by Gasteiger charge is 2.28. The molecule has 3 aromatic rings. The van der Waals surface area contributed by atoms with Crippen molar-refractivity contribution >= 4 is 17.5 Å². The molecule has 0 bridgehead atoms. The zero-order valence-electron chi connectivity index (χ0n) is 19.9. The Hall–Kier alpha value is -3.42. The Bertz CT molecular complexity index is 1170. The van der Waals surface area contributed by atoms with Crippen LogP contribution >= 0.6 is 0 Å². The Kier molecular flexibility index (Phi) is 6.22. The molecule has 2 aliphatic rings. The number of rotatable bonds is 6. The number of hydrogen-bond donors (Lipinski definition) is 0. The topological polar surface area (TPSA) is 84.5 Å². The van der Waals surface area contributed by atoms with Gasteiger partial charge in [-0.1, -0.05) is 23.4 Å². The van der Waals surface area contributed by atoms with E-state index in [1.165, 1.54) is 5.56 Å². The van der Waals surface area contributed by atoms with Crippen LogP contribution in [-0.4, -0.2) is 51.1 Å². The number of carbonyl (C=O) groups excluding carboxylic acids is 2. The maximum absolute atomic E-state index is 12.8. The maximum atomic E-state index is 12.8. The van der Waals surface area contributed by atoms with Crippen LogP contribution in [0.4, 0.5) is 5.69 Å². The van der Waals surface area contributed by atoms with Gasteiger partial charge in [0.2, 0.25) is 11.8 Å². The lowest BCUT2D eigenvalue weighted by Crippen LogP contribution is -2.39. The van der Waals surface area contributed by atoms with E-state index in [0.717, 1.165) is 47.8 Å². The maximum Gasteiger partial charge on any atom is 0.227 e. The molecular formula is C26H31N5O3. The molecule has 8 nitrogen and oxygen atoms in total. The summed E-state index contributed by atoms with van der Waals surface area (Å²) < 4.78 is 7.47. The smallest absolute Gasteiger partial charge is 0.227 e. The van der Waals surface area contributed by atoms with Gasteiger partial charge in [0.25, 0.3) is 0 Å². The molecule has 0 saturated carbocycles. The van der Waals surface area contributed by atoms with Crippen molar-refractivity contribution in [1.82, 2.24) is 19.6 Å². The highest BCUT2D eigenvalue weighted by atomic mass is 16.5. The first-order valence-corrected chi connectivity index (χ1v) is 12.1. The third-order valence-corrected chi connectivity index (χ3v) is 7.21. The fourth-order valence-corrected chi connectivity index (χ4v) is 5.20. The molecule has 2 aromatic heterocycles. The number of likely N-dealkylation sites (tertiary alicyclic amines) is 1. The zero-order chi connectivity index (χ0) is 23.7. The van der Waals surface area contributed by atoms with Crippen LogP contribution in [0.2, 0.25) is 0 Å². The summed E-state index contributed by atoms with van der Waals surface area (Å²) in [4.78, 5) is 33.9. The van der Waals surface area contributed by atoms with Gasteiger partial charge in [0.1, 0.15) is 11.6 Å². The number of amides is 2. The van der Waals surface area contributed by atoms with Crippen LogP contribution in [0.15, 0.2) is 41.2 Å². The van der Waals surface area contributed by atoms with E-state index in [0.29, 0.717) is 32.1 Å².